The highest BCUT2D eigenvalue weighted by molar-refractivity contribution is 8.22. The molecule has 0 amide bonds. The zero-order valence-corrected chi connectivity index (χ0v) is 18.9. The maximum atomic E-state index is 12.7. The molecule has 2 aromatic carbocycles. The van der Waals surface area contributed by atoms with E-state index < -0.39 is 19.7 Å². The van der Waals surface area contributed by atoms with E-state index in [2.05, 4.69) is 0 Å². The second-order valence-electron chi connectivity index (χ2n) is 6.46. The second-order valence-corrected chi connectivity index (χ2v) is 12.8. The predicted octanol–water partition coefficient (Wildman–Crippen LogP) is 3.67. The maximum Gasteiger partial charge on any atom is 0.206 e. The van der Waals surface area contributed by atoms with E-state index in [1.807, 2.05) is 4.90 Å². The van der Waals surface area contributed by atoms with Gasteiger partial charge in [0.15, 0.2) is 9.84 Å². The monoisotopic (exact) mass is 475 g/mol. The predicted molar refractivity (Wildman–Crippen MR) is 117 cm³/mol. The summed E-state index contributed by atoms with van der Waals surface area (Å²) in [6.45, 7) is 0. The zero-order chi connectivity index (χ0) is 20.5. The third-order valence-electron chi connectivity index (χ3n) is 4.51. The standard InChI is InChI=1S/C18H18ClNO4S4/c1-20(14-10-11-27(21,22)12-14)18(25)26-15-4-8-17(9-5-15)28(23,24)16-6-2-13(19)3-7-16/h2-9,14H,10-12H2,1H3. The van der Waals surface area contributed by atoms with Crippen molar-refractivity contribution in [1.29, 1.82) is 0 Å². The van der Waals surface area contributed by atoms with Crippen LogP contribution in [0.3, 0.4) is 0 Å². The summed E-state index contributed by atoms with van der Waals surface area (Å²) < 4.78 is 49.2. The summed E-state index contributed by atoms with van der Waals surface area (Å²) in [5.74, 6) is 0.301. The molecule has 1 aliphatic rings. The van der Waals surface area contributed by atoms with Gasteiger partial charge in [-0.15, -0.1) is 0 Å². The molecule has 2 aromatic rings. The minimum atomic E-state index is -3.62. The Morgan fingerprint density at radius 2 is 1.64 bits per heavy atom. The van der Waals surface area contributed by atoms with E-state index in [4.69, 9.17) is 23.8 Å². The average Bonchev–Trinajstić information content (AvgIpc) is 3.01. The molecule has 1 saturated heterocycles. The third kappa shape index (κ3) is 4.88. The lowest BCUT2D eigenvalue weighted by Gasteiger charge is -2.25. The fraction of sp³-hybridized carbons (Fsp3) is 0.278. The van der Waals surface area contributed by atoms with Gasteiger partial charge in [0.25, 0.3) is 0 Å². The van der Waals surface area contributed by atoms with E-state index in [1.165, 1.54) is 48.2 Å². The zero-order valence-electron chi connectivity index (χ0n) is 14.9. The van der Waals surface area contributed by atoms with Crippen LogP contribution >= 0.6 is 35.6 Å². The van der Waals surface area contributed by atoms with E-state index >= 15 is 0 Å². The maximum absolute atomic E-state index is 12.7. The number of hydrogen-bond acceptors (Lipinski definition) is 6. The molecule has 0 radical (unpaired) electrons. The molecule has 5 nitrogen and oxygen atoms in total. The number of sulfone groups is 2. The lowest BCUT2D eigenvalue weighted by atomic mass is 10.2. The van der Waals surface area contributed by atoms with E-state index in [1.54, 1.807) is 19.2 Å². The Balaban J connectivity index is 1.70. The Hall–Kier alpha value is -1.13. The van der Waals surface area contributed by atoms with E-state index in [0.29, 0.717) is 15.8 Å². The summed E-state index contributed by atoms with van der Waals surface area (Å²) in [5.41, 5.74) is 0. The lowest BCUT2D eigenvalue weighted by molar-refractivity contribution is 0.409. The van der Waals surface area contributed by atoms with Gasteiger partial charge in [0.1, 0.15) is 4.32 Å². The molecule has 0 bridgehead atoms. The summed E-state index contributed by atoms with van der Waals surface area (Å²) in [6, 6.07) is 12.4. The van der Waals surface area contributed by atoms with Crippen molar-refractivity contribution in [2.24, 2.45) is 0 Å². The van der Waals surface area contributed by atoms with Crippen molar-refractivity contribution in [3.05, 3.63) is 53.6 Å². The van der Waals surface area contributed by atoms with Crippen molar-refractivity contribution >= 4 is 59.6 Å². The van der Waals surface area contributed by atoms with Crippen molar-refractivity contribution in [1.82, 2.24) is 4.90 Å². The summed E-state index contributed by atoms with van der Waals surface area (Å²) in [6.07, 6.45) is 0.567. The van der Waals surface area contributed by atoms with Crippen molar-refractivity contribution in [2.45, 2.75) is 27.1 Å². The van der Waals surface area contributed by atoms with Gasteiger partial charge in [-0.3, -0.25) is 0 Å². The smallest absolute Gasteiger partial charge is 0.206 e. The number of halogens is 1. The van der Waals surface area contributed by atoms with Crippen molar-refractivity contribution < 1.29 is 16.8 Å². The molecule has 0 N–H and O–H groups in total. The molecule has 0 saturated carbocycles. The fourth-order valence-electron chi connectivity index (χ4n) is 2.84. The van der Waals surface area contributed by atoms with Gasteiger partial charge in [0.2, 0.25) is 9.84 Å². The van der Waals surface area contributed by atoms with Crippen molar-refractivity contribution in [3.8, 4) is 0 Å². The van der Waals surface area contributed by atoms with Gasteiger partial charge >= 0.3 is 0 Å². The number of thioether (sulfide) groups is 1. The topological polar surface area (TPSA) is 71.5 Å². The van der Waals surface area contributed by atoms with Gasteiger partial charge in [0, 0.05) is 23.0 Å². The third-order valence-corrected chi connectivity index (χ3v) is 9.80. The van der Waals surface area contributed by atoms with Crippen LogP contribution in [0, 0.1) is 0 Å². The van der Waals surface area contributed by atoms with Gasteiger partial charge in [-0.05, 0) is 55.0 Å². The number of benzene rings is 2. The molecule has 1 unspecified atom stereocenters. The van der Waals surface area contributed by atoms with Gasteiger partial charge < -0.3 is 4.90 Å². The minimum absolute atomic E-state index is 0.114. The molecular formula is C18H18ClNO4S4. The summed E-state index contributed by atoms with van der Waals surface area (Å²) in [4.78, 5) is 2.95. The van der Waals surface area contributed by atoms with Crippen LogP contribution in [0.25, 0.3) is 0 Å². The van der Waals surface area contributed by atoms with Crippen LogP contribution in [0.2, 0.25) is 5.02 Å². The summed E-state index contributed by atoms with van der Waals surface area (Å²) >= 11 is 12.6. The Morgan fingerprint density at radius 3 is 2.14 bits per heavy atom. The fourth-order valence-corrected chi connectivity index (χ4v) is 7.21. The minimum Gasteiger partial charge on any atom is -0.356 e. The Morgan fingerprint density at radius 1 is 1.11 bits per heavy atom. The molecule has 150 valence electrons. The first kappa shape index (κ1) is 21.6. The Kier molecular flexibility index (Phi) is 6.41. The van der Waals surface area contributed by atoms with Gasteiger partial charge in [-0.1, -0.05) is 35.6 Å². The second kappa shape index (κ2) is 8.31. The van der Waals surface area contributed by atoms with Gasteiger partial charge in [-0.2, -0.15) is 0 Å². The van der Waals surface area contributed by atoms with Crippen LogP contribution in [0.1, 0.15) is 6.42 Å². The SMILES string of the molecule is CN(C(=S)Sc1ccc(S(=O)(=O)c2ccc(Cl)cc2)cc1)C1CCS(=O)(=O)C1. The van der Waals surface area contributed by atoms with Crippen LogP contribution in [0.4, 0.5) is 0 Å². The molecule has 3 rings (SSSR count). The highest BCUT2D eigenvalue weighted by Crippen LogP contribution is 2.28. The van der Waals surface area contributed by atoms with Crippen LogP contribution < -0.4 is 0 Å². The van der Waals surface area contributed by atoms with Crippen LogP contribution in [0.5, 0.6) is 0 Å². The summed E-state index contributed by atoms with van der Waals surface area (Å²) in [5, 5.41) is 0.471. The number of nitrogens with zero attached hydrogens (tertiary/aromatic N) is 1. The molecule has 1 heterocycles. The largest absolute Gasteiger partial charge is 0.356 e. The quantitative estimate of drug-likeness (QED) is 0.493. The van der Waals surface area contributed by atoms with E-state index in [-0.39, 0.29) is 27.3 Å². The average molecular weight is 476 g/mol. The molecule has 0 spiro atoms. The first-order valence-electron chi connectivity index (χ1n) is 8.34. The molecule has 1 fully saturated rings. The molecule has 0 aromatic heterocycles. The molecule has 1 aliphatic heterocycles. The van der Waals surface area contributed by atoms with Crippen molar-refractivity contribution in [2.75, 3.05) is 18.6 Å². The first-order valence-corrected chi connectivity index (χ1v) is 13.2. The Bertz CT molecular complexity index is 1080. The number of hydrogen-bond donors (Lipinski definition) is 0. The van der Waals surface area contributed by atoms with E-state index in [9.17, 15) is 16.8 Å². The highest BCUT2D eigenvalue weighted by Gasteiger charge is 2.31. The molecular weight excluding hydrogens is 458 g/mol. The van der Waals surface area contributed by atoms with Crippen LogP contribution in [-0.2, 0) is 19.7 Å². The van der Waals surface area contributed by atoms with Gasteiger partial charge in [-0.25, -0.2) is 16.8 Å². The van der Waals surface area contributed by atoms with E-state index in [0.717, 1.165) is 4.90 Å². The molecule has 28 heavy (non-hydrogen) atoms. The lowest BCUT2D eigenvalue weighted by Crippen LogP contribution is -2.35. The highest BCUT2D eigenvalue weighted by atomic mass is 35.5. The number of thiocarbonyl (C=S) groups is 1. The molecule has 10 heteroatoms. The Labute approximate surface area is 179 Å². The summed E-state index contributed by atoms with van der Waals surface area (Å²) in [7, 11) is -4.81. The van der Waals surface area contributed by atoms with Gasteiger partial charge in [0.05, 0.1) is 21.3 Å². The first-order chi connectivity index (χ1) is 13.1. The molecule has 1 atom stereocenters. The number of rotatable bonds is 4. The van der Waals surface area contributed by atoms with Crippen molar-refractivity contribution in [3.63, 3.8) is 0 Å². The van der Waals surface area contributed by atoms with Crippen LogP contribution in [-0.4, -0.2) is 50.7 Å². The van der Waals surface area contributed by atoms with Crippen LogP contribution in [0.15, 0.2) is 63.2 Å². The normalized spacial score (nSPS) is 18.7. The molecule has 0 aliphatic carbocycles.